The van der Waals surface area contributed by atoms with Crippen LogP contribution in [-0.4, -0.2) is 33.5 Å². The van der Waals surface area contributed by atoms with Crippen LogP contribution in [0.2, 0.25) is 0 Å². The Morgan fingerprint density at radius 2 is 1.97 bits per heavy atom. The number of hydrogen-bond donors (Lipinski definition) is 0. The Labute approximate surface area is 189 Å². The molecule has 0 amide bonds. The first-order valence-electron chi connectivity index (χ1n) is 10.6. The number of hydrogen-bond acceptors (Lipinski definition) is 5. The van der Waals surface area contributed by atoms with E-state index in [-0.39, 0.29) is 4.75 Å². The third kappa shape index (κ3) is 5.46. The minimum absolute atomic E-state index is 0.106. The predicted molar refractivity (Wildman–Crippen MR) is 133 cm³/mol. The van der Waals surface area contributed by atoms with Crippen molar-refractivity contribution >= 4 is 35.0 Å². The molecule has 1 saturated heterocycles. The van der Waals surface area contributed by atoms with Gasteiger partial charge >= 0.3 is 0 Å². The molecule has 2 aromatic heterocycles. The summed E-state index contributed by atoms with van der Waals surface area (Å²) in [6.45, 7) is 12.0. The van der Waals surface area contributed by atoms with Gasteiger partial charge in [0.25, 0.3) is 0 Å². The number of nitrogens with zero attached hydrogens (tertiary/aromatic N) is 3. The molecule has 1 fully saturated rings. The predicted octanol–water partition coefficient (Wildman–Crippen LogP) is 7.18. The Hall–Kier alpha value is -1.79. The van der Waals surface area contributed by atoms with E-state index in [1.165, 1.54) is 29.8 Å². The monoisotopic (exact) mass is 443 g/mol. The smallest absolute Gasteiger partial charge is 0.140 e. The molecule has 0 bridgehead atoms. The zero-order valence-electron chi connectivity index (χ0n) is 18.9. The van der Waals surface area contributed by atoms with Gasteiger partial charge in [0.15, 0.2) is 0 Å². The van der Waals surface area contributed by atoms with Crippen molar-refractivity contribution in [3.8, 4) is 17.0 Å². The van der Waals surface area contributed by atoms with Gasteiger partial charge in [0, 0.05) is 40.6 Å². The number of methoxy groups -OCH3 is 1. The highest BCUT2D eigenvalue weighted by atomic mass is 32.2. The van der Waals surface area contributed by atoms with Gasteiger partial charge in [-0.25, -0.2) is 4.98 Å². The van der Waals surface area contributed by atoms with Crippen LogP contribution >= 0.6 is 23.7 Å². The summed E-state index contributed by atoms with van der Waals surface area (Å²) in [5.74, 6) is 2.08. The molecule has 6 heteroatoms. The van der Waals surface area contributed by atoms with E-state index in [1.807, 2.05) is 36.0 Å². The van der Waals surface area contributed by atoms with E-state index in [0.29, 0.717) is 0 Å². The Morgan fingerprint density at radius 1 is 1.20 bits per heavy atom. The lowest BCUT2D eigenvalue weighted by atomic mass is 10.1. The molecule has 30 heavy (non-hydrogen) atoms. The lowest BCUT2D eigenvalue weighted by Crippen LogP contribution is -2.08. The van der Waals surface area contributed by atoms with Crippen LogP contribution in [0.1, 0.15) is 47.5 Å². The van der Waals surface area contributed by atoms with Crippen molar-refractivity contribution in [2.24, 2.45) is 0 Å². The maximum absolute atomic E-state index is 5.62. The van der Waals surface area contributed by atoms with E-state index in [0.717, 1.165) is 28.5 Å². The molecule has 1 aliphatic heterocycles. The Morgan fingerprint density at radius 3 is 2.60 bits per heavy atom. The molecule has 4 nitrogen and oxygen atoms in total. The van der Waals surface area contributed by atoms with Crippen LogP contribution in [-0.2, 0) is 0 Å². The maximum Gasteiger partial charge on any atom is 0.140 e. The summed E-state index contributed by atoms with van der Waals surface area (Å²) in [7, 11) is 1.72. The second kappa shape index (κ2) is 10.0. The van der Waals surface area contributed by atoms with Gasteiger partial charge in [-0.2, -0.15) is 0 Å². The average Bonchev–Trinajstić information content (AvgIpc) is 3.37. The number of aromatic nitrogens is 2. The van der Waals surface area contributed by atoms with Crippen molar-refractivity contribution in [3.63, 3.8) is 0 Å². The number of pyridine rings is 1. The van der Waals surface area contributed by atoms with Crippen molar-refractivity contribution in [2.75, 3.05) is 23.7 Å². The summed E-state index contributed by atoms with van der Waals surface area (Å²) in [6.07, 6.45) is 6.61. The first-order valence-corrected chi connectivity index (χ1v) is 12.4. The van der Waals surface area contributed by atoms with Gasteiger partial charge < -0.3 is 9.04 Å². The van der Waals surface area contributed by atoms with Crippen LogP contribution in [0.3, 0.4) is 0 Å². The Kier molecular flexibility index (Phi) is 7.64. The number of ether oxygens (including phenoxy) is 1. The van der Waals surface area contributed by atoms with Crippen molar-refractivity contribution in [3.05, 3.63) is 42.7 Å². The maximum atomic E-state index is 5.62. The summed E-state index contributed by atoms with van der Waals surface area (Å²) >= 11 is 3.72. The van der Waals surface area contributed by atoms with Crippen LogP contribution in [0.25, 0.3) is 16.9 Å². The molecule has 1 aliphatic rings. The first-order chi connectivity index (χ1) is 14.4. The van der Waals surface area contributed by atoms with Crippen LogP contribution in [0.5, 0.6) is 5.75 Å². The standard InChI is InChI=1S/C21H25N3OS2.C3H8/c1-21(2,3)27-19-14-23-17(13-22-20(23)12-18(19)25-4)15-7-5-8-16(11-15)24-9-6-10-26-24;1-3-2/h5,7-8,11-14H,6,9-10H2,1-4H3;3H2,1-2H3. The molecule has 0 unspecified atom stereocenters. The first kappa shape index (κ1) is 22.9. The topological polar surface area (TPSA) is 29.8 Å². The molecule has 3 heterocycles. The van der Waals surface area contributed by atoms with E-state index >= 15 is 0 Å². The Balaban J connectivity index is 0.000000806. The summed E-state index contributed by atoms with van der Waals surface area (Å²) < 4.78 is 10.3. The Bertz CT molecular complexity index is 972. The van der Waals surface area contributed by atoms with Gasteiger partial charge in [-0.3, -0.25) is 4.40 Å². The second-order valence-electron chi connectivity index (χ2n) is 8.34. The van der Waals surface area contributed by atoms with Crippen molar-refractivity contribution in [2.45, 2.75) is 57.1 Å². The van der Waals surface area contributed by atoms with Crippen molar-refractivity contribution in [1.82, 2.24) is 9.38 Å². The molecule has 0 radical (unpaired) electrons. The van der Waals surface area contributed by atoms with Crippen LogP contribution in [0.4, 0.5) is 5.69 Å². The lowest BCUT2D eigenvalue weighted by Gasteiger charge is -2.20. The van der Waals surface area contributed by atoms with Gasteiger partial charge in [-0.1, -0.05) is 53.2 Å². The largest absolute Gasteiger partial charge is 0.495 e. The van der Waals surface area contributed by atoms with Gasteiger partial charge in [-0.05, 0) is 30.5 Å². The fourth-order valence-electron chi connectivity index (χ4n) is 3.24. The summed E-state index contributed by atoms with van der Waals surface area (Å²) in [6, 6.07) is 10.8. The zero-order valence-corrected chi connectivity index (χ0v) is 20.6. The SMILES string of the molecule is CCC.COc1cc2ncc(-c3cccc(N4CCCS4)c3)n2cc1SC(C)(C)C. The van der Waals surface area contributed by atoms with Crippen LogP contribution in [0, 0.1) is 0 Å². The van der Waals surface area contributed by atoms with E-state index in [2.05, 4.69) is 78.8 Å². The number of fused-ring (bicyclic) bond motifs is 1. The number of benzene rings is 1. The highest BCUT2D eigenvalue weighted by Crippen LogP contribution is 2.39. The molecular weight excluding hydrogens is 410 g/mol. The number of anilines is 1. The van der Waals surface area contributed by atoms with E-state index < -0.39 is 0 Å². The minimum atomic E-state index is 0.106. The fraction of sp³-hybridized carbons (Fsp3) is 0.458. The molecular formula is C24H33N3OS2. The molecule has 0 N–H and O–H groups in total. The molecule has 0 spiro atoms. The molecule has 1 aromatic carbocycles. The number of rotatable bonds is 4. The van der Waals surface area contributed by atoms with Gasteiger partial charge in [-0.15, -0.1) is 11.8 Å². The average molecular weight is 444 g/mol. The van der Waals surface area contributed by atoms with Gasteiger partial charge in [0.2, 0.25) is 0 Å². The summed E-state index contributed by atoms with van der Waals surface area (Å²) in [5, 5.41) is 0. The number of thioether (sulfide) groups is 1. The molecule has 4 rings (SSSR count). The quantitative estimate of drug-likeness (QED) is 0.315. The minimum Gasteiger partial charge on any atom is -0.495 e. The van der Waals surface area contributed by atoms with Crippen molar-refractivity contribution < 1.29 is 4.74 Å². The van der Waals surface area contributed by atoms with Gasteiger partial charge in [0.05, 0.1) is 23.9 Å². The molecule has 162 valence electrons. The summed E-state index contributed by atoms with van der Waals surface area (Å²) in [4.78, 5) is 5.75. The van der Waals surface area contributed by atoms with Crippen molar-refractivity contribution in [1.29, 1.82) is 0 Å². The third-order valence-corrected chi connectivity index (χ3v) is 6.71. The van der Waals surface area contributed by atoms with Crippen LogP contribution in [0.15, 0.2) is 47.6 Å². The third-order valence-electron chi connectivity index (χ3n) is 4.39. The molecule has 3 aromatic rings. The van der Waals surface area contributed by atoms with E-state index in [1.54, 1.807) is 7.11 Å². The molecule has 0 aliphatic carbocycles. The fourth-order valence-corrected chi connectivity index (χ4v) is 5.30. The second-order valence-corrected chi connectivity index (χ2v) is 11.3. The highest BCUT2D eigenvalue weighted by Gasteiger charge is 2.19. The van der Waals surface area contributed by atoms with Gasteiger partial charge in [0.1, 0.15) is 11.4 Å². The normalized spacial score (nSPS) is 14.0. The van der Waals surface area contributed by atoms with E-state index in [4.69, 9.17) is 4.74 Å². The number of imidazole rings is 1. The molecule has 0 saturated carbocycles. The zero-order chi connectivity index (χ0) is 21.7. The molecule has 0 atom stereocenters. The highest BCUT2D eigenvalue weighted by molar-refractivity contribution is 8.01. The lowest BCUT2D eigenvalue weighted by molar-refractivity contribution is 0.404. The van der Waals surface area contributed by atoms with E-state index in [9.17, 15) is 0 Å². The summed E-state index contributed by atoms with van der Waals surface area (Å²) in [5.41, 5.74) is 4.46. The van der Waals surface area contributed by atoms with Crippen LogP contribution < -0.4 is 9.04 Å².